The molecule has 1 fully saturated rings. The Morgan fingerprint density at radius 3 is 2.74 bits per heavy atom. The van der Waals surface area contributed by atoms with Gasteiger partial charge in [0.05, 0.1) is 15.6 Å². The van der Waals surface area contributed by atoms with Crippen LogP contribution in [0.2, 0.25) is 10.0 Å². The quantitative estimate of drug-likeness (QED) is 0.850. The molecular weight excluding hydrogens is 288 g/mol. The lowest BCUT2D eigenvalue weighted by atomic mass is 9.83. The molecule has 104 valence electrons. The van der Waals surface area contributed by atoms with Gasteiger partial charge in [-0.05, 0) is 24.6 Å². The Kier molecular flexibility index (Phi) is 4.49. The number of carbonyl (C=O) groups excluding carboxylic acids is 1. The summed E-state index contributed by atoms with van der Waals surface area (Å²) in [6.45, 7) is 2.21. The maximum absolute atomic E-state index is 13.5. The Bertz CT molecular complexity index is 490. The number of ketones is 1. The van der Waals surface area contributed by atoms with Gasteiger partial charge in [-0.3, -0.25) is 4.79 Å². The van der Waals surface area contributed by atoms with Crippen molar-refractivity contribution in [1.82, 2.24) is 5.32 Å². The second-order valence-corrected chi connectivity index (χ2v) is 5.79. The number of nitrogens with one attached hydrogen (secondary N) is 1. The van der Waals surface area contributed by atoms with E-state index in [1.165, 1.54) is 0 Å². The van der Waals surface area contributed by atoms with Crippen LogP contribution in [-0.2, 0) is 0 Å². The summed E-state index contributed by atoms with van der Waals surface area (Å²) in [4.78, 5) is 12.6. The molecule has 1 N–H and O–H groups in total. The van der Waals surface area contributed by atoms with Crippen molar-refractivity contribution in [2.75, 3.05) is 6.54 Å². The number of hydrogen-bond acceptors (Lipinski definition) is 2. The minimum Gasteiger partial charge on any atom is -0.302 e. The molecule has 1 aromatic carbocycles. The Morgan fingerprint density at radius 2 is 2.21 bits per heavy atom. The number of carbonyl (C=O) groups is 1. The van der Waals surface area contributed by atoms with E-state index in [1.54, 1.807) is 18.2 Å². The molecule has 0 saturated carbocycles. The molecule has 2 rings (SSSR count). The van der Waals surface area contributed by atoms with E-state index < -0.39 is 11.7 Å². The average Bonchev–Trinajstić information content (AvgIpc) is 2.75. The fourth-order valence-electron chi connectivity index (χ4n) is 2.65. The molecule has 1 aliphatic rings. The zero-order valence-corrected chi connectivity index (χ0v) is 12.2. The van der Waals surface area contributed by atoms with E-state index in [1.807, 2.05) is 6.92 Å². The summed E-state index contributed by atoms with van der Waals surface area (Å²) >= 11 is 11.8. The third-order valence-corrected chi connectivity index (χ3v) is 4.26. The van der Waals surface area contributed by atoms with Crippen LogP contribution < -0.4 is 5.32 Å². The Morgan fingerprint density at radius 1 is 1.47 bits per heavy atom. The Hall–Kier alpha value is -0.640. The highest BCUT2D eigenvalue weighted by Crippen LogP contribution is 2.32. The second kappa shape index (κ2) is 5.78. The largest absolute Gasteiger partial charge is 0.302 e. The molecule has 0 aromatic heterocycles. The molecule has 2 nitrogen and oxygen atoms in total. The van der Waals surface area contributed by atoms with E-state index in [0.717, 1.165) is 6.42 Å². The highest BCUT2D eigenvalue weighted by Gasteiger charge is 2.44. The van der Waals surface area contributed by atoms with Crippen molar-refractivity contribution in [2.45, 2.75) is 37.9 Å². The molecule has 1 aliphatic heterocycles. The van der Waals surface area contributed by atoms with Gasteiger partial charge in [-0.15, -0.1) is 0 Å². The van der Waals surface area contributed by atoms with Gasteiger partial charge in [-0.25, -0.2) is 4.39 Å². The van der Waals surface area contributed by atoms with Gasteiger partial charge in [0.25, 0.3) is 0 Å². The van der Waals surface area contributed by atoms with Crippen LogP contribution in [0.25, 0.3) is 0 Å². The summed E-state index contributed by atoms with van der Waals surface area (Å²) in [5.74, 6) is -0.104. The lowest BCUT2D eigenvalue weighted by Crippen LogP contribution is -2.47. The normalized spacial score (nSPS) is 26.6. The van der Waals surface area contributed by atoms with Crippen LogP contribution in [0.4, 0.5) is 4.39 Å². The third kappa shape index (κ3) is 2.93. The van der Waals surface area contributed by atoms with Crippen molar-refractivity contribution < 1.29 is 9.18 Å². The lowest BCUT2D eigenvalue weighted by molar-refractivity contribution is 0.0850. The van der Waals surface area contributed by atoms with E-state index in [2.05, 4.69) is 5.32 Å². The Balaban J connectivity index is 2.32. The van der Waals surface area contributed by atoms with E-state index in [-0.39, 0.29) is 18.7 Å². The van der Waals surface area contributed by atoms with Crippen molar-refractivity contribution in [2.24, 2.45) is 0 Å². The molecule has 0 radical (unpaired) electrons. The third-order valence-electron chi connectivity index (χ3n) is 3.53. The first-order valence-corrected chi connectivity index (χ1v) is 7.13. The van der Waals surface area contributed by atoms with Crippen molar-refractivity contribution in [3.63, 3.8) is 0 Å². The van der Waals surface area contributed by atoms with Gasteiger partial charge >= 0.3 is 0 Å². The summed E-state index contributed by atoms with van der Waals surface area (Å²) in [6.07, 6.45) is 0.678. The van der Waals surface area contributed by atoms with Crippen LogP contribution in [-0.4, -0.2) is 24.0 Å². The number of hydrogen-bond donors (Lipinski definition) is 1. The van der Waals surface area contributed by atoms with Crippen molar-refractivity contribution in [3.05, 3.63) is 33.8 Å². The fraction of sp³-hybridized carbons (Fsp3) is 0.500. The fourth-order valence-corrected chi connectivity index (χ4v) is 2.94. The predicted octanol–water partition coefficient (Wildman–Crippen LogP) is 4.05. The summed E-state index contributed by atoms with van der Waals surface area (Å²) in [5, 5.41) is 3.80. The molecule has 1 aromatic rings. The summed E-state index contributed by atoms with van der Waals surface area (Å²) < 4.78 is 13.5. The topological polar surface area (TPSA) is 29.1 Å². The molecular formula is C14H16Cl2FNO. The van der Waals surface area contributed by atoms with Gasteiger partial charge < -0.3 is 5.32 Å². The van der Waals surface area contributed by atoms with Crippen LogP contribution >= 0.6 is 23.2 Å². The zero-order chi connectivity index (χ0) is 14.0. The molecule has 2 atom stereocenters. The average molecular weight is 304 g/mol. The number of benzene rings is 1. The molecule has 0 bridgehead atoms. The smallest absolute Gasteiger partial charge is 0.183 e. The minimum absolute atomic E-state index is 0.104. The number of halogens is 3. The van der Waals surface area contributed by atoms with E-state index >= 15 is 0 Å². The van der Waals surface area contributed by atoms with Crippen LogP contribution in [0.5, 0.6) is 0 Å². The SMILES string of the molecule is CCC[C@]1(C(=O)c2ccc(Cl)c(Cl)c2)C[C@H](F)CN1. The molecule has 0 aliphatic carbocycles. The van der Waals surface area contributed by atoms with Gasteiger partial charge in [0, 0.05) is 18.5 Å². The lowest BCUT2D eigenvalue weighted by Gasteiger charge is -2.27. The number of rotatable bonds is 4. The standard InChI is InChI=1S/C14H16Cl2FNO/c1-2-5-14(7-10(17)8-18-14)13(19)9-3-4-11(15)12(16)6-9/h3-4,6,10,18H,2,5,7-8H2,1H3/t10-,14+/m0/s1. The molecule has 5 heteroatoms. The summed E-state index contributed by atoms with van der Waals surface area (Å²) in [6, 6.07) is 4.79. The summed E-state index contributed by atoms with van der Waals surface area (Å²) in [5.41, 5.74) is -0.324. The van der Waals surface area contributed by atoms with Gasteiger partial charge in [0.1, 0.15) is 6.17 Å². The molecule has 0 unspecified atom stereocenters. The maximum atomic E-state index is 13.5. The van der Waals surface area contributed by atoms with Gasteiger partial charge in [-0.1, -0.05) is 36.5 Å². The van der Waals surface area contributed by atoms with Gasteiger partial charge in [0.15, 0.2) is 5.78 Å². The predicted molar refractivity (Wildman–Crippen MR) is 75.9 cm³/mol. The highest BCUT2D eigenvalue weighted by molar-refractivity contribution is 6.42. The van der Waals surface area contributed by atoms with E-state index in [9.17, 15) is 9.18 Å². The Labute approximate surface area is 122 Å². The molecule has 19 heavy (non-hydrogen) atoms. The van der Waals surface area contributed by atoms with Crippen LogP contribution in [0, 0.1) is 0 Å². The van der Waals surface area contributed by atoms with E-state index in [0.29, 0.717) is 22.0 Å². The minimum atomic E-state index is -0.974. The van der Waals surface area contributed by atoms with Gasteiger partial charge in [0.2, 0.25) is 0 Å². The molecule has 1 heterocycles. The maximum Gasteiger partial charge on any atom is 0.183 e. The van der Waals surface area contributed by atoms with E-state index in [4.69, 9.17) is 23.2 Å². The summed E-state index contributed by atoms with van der Waals surface area (Å²) in [7, 11) is 0. The van der Waals surface area contributed by atoms with Crippen molar-refractivity contribution in [3.8, 4) is 0 Å². The molecule has 1 saturated heterocycles. The molecule has 0 amide bonds. The van der Waals surface area contributed by atoms with Gasteiger partial charge in [-0.2, -0.15) is 0 Å². The first kappa shape index (κ1) is 14.8. The van der Waals surface area contributed by atoms with Crippen LogP contribution in [0.1, 0.15) is 36.5 Å². The number of Topliss-reactive ketones (excluding diaryl/α,β-unsaturated/α-hetero) is 1. The van der Waals surface area contributed by atoms with Crippen LogP contribution in [0.15, 0.2) is 18.2 Å². The molecule has 0 spiro atoms. The highest BCUT2D eigenvalue weighted by atomic mass is 35.5. The monoisotopic (exact) mass is 303 g/mol. The zero-order valence-electron chi connectivity index (χ0n) is 10.7. The van der Waals surface area contributed by atoms with Crippen molar-refractivity contribution >= 4 is 29.0 Å². The number of alkyl halides is 1. The van der Waals surface area contributed by atoms with Crippen molar-refractivity contribution in [1.29, 1.82) is 0 Å². The second-order valence-electron chi connectivity index (χ2n) is 4.97. The first-order valence-electron chi connectivity index (χ1n) is 6.37. The van der Waals surface area contributed by atoms with Crippen LogP contribution in [0.3, 0.4) is 0 Å². The first-order chi connectivity index (χ1) is 8.98.